The van der Waals surface area contributed by atoms with Crippen molar-refractivity contribution in [1.82, 2.24) is 19.8 Å². The van der Waals surface area contributed by atoms with Gasteiger partial charge in [0.25, 0.3) is 0 Å². The maximum atomic E-state index is 11.9. The van der Waals surface area contributed by atoms with Crippen LogP contribution in [0, 0.1) is 0 Å². The number of nitrogens with one attached hydrogen (secondary N) is 1. The fourth-order valence-corrected chi connectivity index (χ4v) is 5.40. The number of ether oxygens (including phenoxy) is 2. The summed E-state index contributed by atoms with van der Waals surface area (Å²) in [5, 5.41) is 15.2. The Morgan fingerprint density at radius 1 is 1.32 bits per heavy atom. The number of likely N-dealkylation sites (tertiary alicyclic amines) is 1. The number of nitrogens with zero attached hydrogens (tertiary/aromatic N) is 5. The Kier molecular flexibility index (Phi) is 8.37. The van der Waals surface area contributed by atoms with E-state index in [-0.39, 0.29) is 28.0 Å². The van der Waals surface area contributed by atoms with Crippen molar-refractivity contribution in [1.29, 1.82) is 0 Å². The van der Waals surface area contributed by atoms with E-state index in [9.17, 15) is 9.90 Å². The summed E-state index contributed by atoms with van der Waals surface area (Å²) in [5.74, 6) is 1.66. The van der Waals surface area contributed by atoms with E-state index in [1.165, 1.54) is 20.3 Å². The Balaban J connectivity index is 1.71. The summed E-state index contributed by atoms with van der Waals surface area (Å²) < 4.78 is 10.9. The summed E-state index contributed by atoms with van der Waals surface area (Å²) in [6.07, 6.45) is 3.66. The first-order valence-electron chi connectivity index (χ1n) is 12.1. The van der Waals surface area contributed by atoms with Crippen LogP contribution in [0.15, 0.2) is 24.9 Å². The fourth-order valence-electron chi connectivity index (χ4n) is 4.68. The highest BCUT2D eigenvalue weighted by molar-refractivity contribution is 6.40. The molecule has 4 rings (SSSR count). The highest BCUT2D eigenvalue weighted by Crippen LogP contribution is 2.47. The van der Waals surface area contributed by atoms with Gasteiger partial charge in [0.1, 0.15) is 17.3 Å². The number of aromatic nitrogens is 2. The minimum Gasteiger partial charge on any atom is -0.495 e. The van der Waals surface area contributed by atoms with Crippen LogP contribution in [0.2, 0.25) is 10.0 Å². The molecular weight excluding hydrogens is 531 g/mol. The van der Waals surface area contributed by atoms with Crippen LogP contribution in [-0.4, -0.2) is 97.0 Å². The number of hydrogen-bond donors (Lipinski definition) is 2. The van der Waals surface area contributed by atoms with E-state index in [4.69, 9.17) is 32.7 Å². The van der Waals surface area contributed by atoms with Gasteiger partial charge in [0.05, 0.1) is 24.3 Å². The number of methoxy groups -OCH3 is 2. The Hall–Kier alpha value is -3.05. The van der Waals surface area contributed by atoms with Crippen LogP contribution >= 0.6 is 23.2 Å². The third-order valence-electron chi connectivity index (χ3n) is 7.12. The zero-order valence-electron chi connectivity index (χ0n) is 22.0. The van der Waals surface area contributed by atoms with E-state index < -0.39 is 6.23 Å². The van der Waals surface area contributed by atoms with Crippen LogP contribution < -0.4 is 19.7 Å². The lowest BCUT2D eigenvalue weighted by Gasteiger charge is -2.47. The van der Waals surface area contributed by atoms with Crippen molar-refractivity contribution in [2.24, 2.45) is 0 Å². The van der Waals surface area contributed by atoms with Crippen LogP contribution in [0.5, 0.6) is 11.5 Å². The van der Waals surface area contributed by atoms with Crippen molar-refractivity contribution in [3.63, 3.8) is 0 Å². The molecule has 2 N–H and O–H groups in total. The molecule has 2 aromatic rings. The molecule has 0 radical (unpaired) electrons. The standard InChI is InChI=1S/C26H32Cl2N6O4/c1-7-20(35)33-12-16(13-33)32(4)14(2)11-34-24-15(10-30-26(29-3)31-24)8-17(25(34)36)21-22(27)18(37-5)9-19(38-6)23(21)28/h7-10,14,16,25,36H,1,11-13H2,2-6H3,(H,29,30,31)/t14-,25?/m1/s1. The monoisotopic (exact) mass is 562 g/mol. The van der Waals surface area contributed by atoms with Gasteiger partial charge in [-0.2, -0.15) is 4.98 Å². The summed E-state index contributed by atoms with van der Waals surface area (Å²) in [5.41, 5.74) is 1.56. The molecule has 2 aliphatic rings. The summed E-state index contributed by atoms with van der Waals surface area (Å²) >= 11 is 13.4. The quantitative estimate of drug-likeness (QED) is 0.445. The Morgan fingerprint density at radius 3 is 2.50 bits per heavy atom. The van der Waals surface area contributed by atoms with Gasteiger partial charge in [0.2, 0.25) is 11.9 Å². The average Bonchev–Trinajstić information content (AvgIpc) is 2.89. The molecule has 2 atom stereocenters. The van der Waals surface area contributed by atoms with Gasteiger partial charge in [-0.15, -0.1) is 0 Å². The number of likely N-dealkylation sites (N-methyl/N-ethyl adjacent to an activating group) is 1. The summed E-state index contributed by atoms with van der Waals surface area (Å²) in [6.45, 7) is 7.29. The summed E-state index contributed by atoms with van der Waals surface area (Å²) in [6, 6.07) is 1.78. The van der Waals surface area contributed by atoms with Gasteiger partial charge in [-0.25, -0.2) is 4.98 Å². The van der Waals surface area contributed by atoms with Crippen molar-refractivity contribution in [2.75, 3.05) is 58.2 Å². The highest BCUT2D eigenvalue weighted by atomic mass is 35.5. The van der Waals surface area contributed by atoms with Gasteiger partial charge >= 0.3 is 0 Å². The molecular formula is C26H32Cl2N6O4. The molecule has 1 aromatic carbocycles. The lowest BCUT2D eigenvalue weighted by molar-refractivity contribution is -0.133. The van der Waals surface area contributed by atoms with Gasteiger partial charge in [-0.05, 0) is 26.1 Å². The molecule has 1 unspecified atom stereocenters. The van der Waals surface area contributed by atoms with Crippen LogP contribution in [0.3, 0.4) is 0 Å². The van der Waals surface area contributed by atoms with E-state index in [2.05, 4.69) is 33.7 Å². The van der Waals surface area contributed by atoms with Gasteiger partial charge < -0.3 is 29.7 Å². The number of rotatable bonds is 9. The molecule has 0 saturated carbocycles. The minimum atomic E-state index is -1.13. The molecule has 38 heavy (non-hydrogen) atoms. The van der Waals surface area contributed by atoms with Crippen molar-refractivity contribution < 1.29 is 19.4 Å². The van der Waals surface area contributed by atoms with Crippen LogP contribution in [0.25, 0.3) is 11.6 Å². The van der Waals surface area contributed by atoms with Crippen LogP contribution in [0.1, 0.15) is 18.1 Å². The van der Waals surface area contributed by atoms with E-state index in [0.717, 1.165) is 0 Å². The number of fused-ring (bicyclic) bond motifs is 1. The summed E-state index contributed by atoms with van der Waals surface area (Å²) in [7, 11) is 6.75. The second kappa shape index (κ2) is 11.4. The zero-order valence-corrected chi connectivity index (χ0v) is 23.5. The predicted octanol–water partition coefficient (Wildman–Crippen LogP) is 3.24. The number of halogens is 2. The van der Waals surface area contributed by atoms with E-state index >= 15 is 0 Å². The molecule has 1 saturated heterocycles. The second-order valence-corrected chi connectivity index (χ2v) is 10.0. The molecule has 204 valence electrons. The normalized spacial score (nSPS) is 17.9. The maximum absolute atomic E-state index is 11.9. The van der Waals surface area contributed by atoms with Crippen molar-refractivity contribution in [3.05, 3.63) is 46.1 Å². The van der Waals surface area contributed by atoms with Crippen molar-refractivity contribution in [2.45, 2.75) is 25.2 Å². The third kappa shape index (κ3) is 5.01. The van der Waals surface area contributed by atoms with E-state index in [1.807, 2.05) is 7.05 Å². The topological polar surface area (TPSA) is 103 Å². The molecule has 2 aliphatic heterocycles. The molecule has 12 heteroatoms. The molecule has 1 fully saturated rings. The first-order valence-corrected chi connectivity index (χ1v) is 12.8. The number of hydrogen-bond acceptors (Lipinski definition) is 9. The highest BCUT2D eigenvalue weighted by Gasteiger charge is 2.38. The fraction of sp³-hybridized carbons (Fsp3) is 0.423. The lowest BCUT2D eigenvalue weighted by atomic mass is 9.96. The van der Waals surface area contributed by atoms with Crippen LogP contribution in [0.4, 0.5) is 11.8 Å². The number of anilines is 2. The Bertz CT molecular complexity index is 1240. The predicted molar refractivity (Wildman–Crippen MR) is 150 cm³/mol. The Labute approximate surface area is 232 Å². The van der Waals surface area contributed by atoms with E-state index in [1.54, 1.807) is 35.2 Å². The molecule has 0 aliphatic carbocycles. The Morgan fingerprint density at radius 2 is 1.95 bits per heavy atom. The average molecular weight is 563 g/mol. The number of benzene rings is 1. The SMILES string of the molecule is C=CC(=O)N1CC(N(C)[C@H](C)CN2c3nc(NC)ncc3C=C(c3c(Cl)c(OC)cc(OC)c3Cl)C2O)C1. The largest absolute Gasteiger partial charge is 0.495 e. The number of carbonyl (C=O) groups excluding carboxylic acids is 1. The number of aliphatic hydroxyl groups excluding tert-OH is 1. The van der Waals surface area contributed by atoms with E-state index in [0.29, 0.717) is 59.6 Å². The zero-order chi connectivity index (χ0) is 27.7. The lowest BCUT2D eigenvalue weighted by Crippen LogP contribution is -2.62. The molecule has 3 heterocycles. The van der Waals surface area contributed by atoms with Crippen LogP contribution in [-0.2, 0) is 4.79 Å². The molecule has 10 nitrogen and oxygen atoms in total. The summed E-state index contributed by atoms with van der Waals surface area (Å²) in [4.78, 5) is 26.6. The third-order valence-corrected chi connectivity index (χ3v) is 7.87. The molecule has 1 amide bonds. The number of aliphatic hydroxyl groups is 1. The maximum Gasteiger partial charge on any atom is 0.246 e. The van der Waals surface area contributed by atoms with Gasteiger partial charge in [-0.1, -0.05) is 29.8 Å². The van der Waals surface area contributed by atoms with Gasteiger partial charge in [0, 0.05) is 67.7 Å². The first kappa shape index (κ1) is 28.0. The molecule has 1 aromatic heterocycles. The van der Waals surface area contributed by atoms with Crippen molar-refractivity contribution in [3.8, 4) is 11.5 Å². The van der Waals surface area contributed by atoms with Gasteiger partial charge in [0.15, 0.2) is 6.23 Å². The number of carbonyl (C=O) groups is 1. The molecule has 0 spiro atoms. The first-order chi connectivity index (χ1) is 18.1. The van der Waals surface area contributed by atoms with Crippen molar-refractivity contribution >= 4 is 52.5 Å². The number of amides is 1. The minimum absolute atomic E-state index is 0.0124. The van der Waals surface area contributed by atoms with Gasteiger partial charge in [-0.3, -0.25) is 9.69 Å². The molecule has 0 bridgehead atoms. The smallest absolute Gasteiger partial charge is 0.246 e. The second-order valence-electron chi connectivity index (χ2n) is 9.25.